The van der Waals surface area contributed by atoms with E-state index >= 15 is 0 Å². The maximum Gasteiger partial charge on any atom is 0.215 e. The molecule has 0 bridgehead atoms. The van der Waals surface area contributed by atoms with Crippen LogP contribution in [0, 0.1) is 0 Å². The first-order valence-electron chi connectivity index (χ1n) is 12.5. The fourth-order valence-electron chi connectivity index (χ4n) is 4.17. The fraction of sp³-hybridized carbons (Fsp3) is 0.321. The minimum Gasteiger partial charge on any atom is -0.491 e. The molecule has 1 aliphatic heterocycles. The summed E-state index contributed by atoms with van der Waals surface area (Å²) in [6.45, 7) is 3.24. The highest BCUT2D eigenvalue weighted by Gasteiger charge is 2.45. The van der Waals surface area contributed by atoms with Crippen LogP contribution in [0.3, 0.4) is 0 Å². The number of thioether (sulfide) groups is 1. The molecule has 7 nitrogen and oxygen atoms in total. The smallest absolute Gasteiger partial charge is 0.215 e. The van der Waals surface area contributed by atoms with E-state index < -0.39 is 5.79 Å². The van der Waals surface area contributed by atoms with Crippen LogP contribution in [0.4, 0.5) is 0 Å². The Morgan fingerprint density at radius 3 is 2.76 bits per heavy atom. The minimum absolute atomic E-state index is 0.297. The van der Waals surface area contributed by atoms with Gasteiger partial charge in [0.15, 0.2) is 5.16 Å². The van der Waals surface area contributed by atoms with Crippen LogP contribution in [0.5, 0.6) is 5.75 Å². The van der Waals surface area contributed by atoms with Gasteiger partial charge in [-0.15, -0.1) is 0 Å². The SMILES string of the molecule is CCCCSc1nccc(-c2ccc(OCC3COC(Cn4ccnc4)(c4ccc(Cl)cc4Cl)O3)cc2)n1. The van der Waals surface area contributed by atoms with Crippen molar-refractivity contribution in [1.29, 1.82) is 0 Å². The second-order valence-corrected chi connectivity index (χ2v) is 10.8. The molecule has 3 heterocycles. The third-order valence-electron chi connectivity index (χ3n) is 6.10. The van der Waals surface area contributed by atoms with Crippen LogP contribution >= 0.6 is 35.0 Å². The summed E-state index contributed by atoms with van der Waals surface area (Å²) < 4.78 is 20.7. The molecule has 2 atom stereocenters. The number of unbranched alkanes of at least 4 members (excludes halogenated alkanes) is 1. The lowest BCUT2D eigenvalue weighted by atomic mass is 10.1. The van der Waals surface area contributed by atoms with E-state index in [4.69, 9.17) is 42.4 Å². The Morgan fingerprint density at radius 1 is 1.13 bits per heavy atom. The monoisotopic (exact) mass is 570 g/mol. The molecule has 0 aliphatic carbocycles. The summed E-state index contributed by atoms with van der Waals surface area (Å²) in [6, 6.07) is 15.1. The van der Waals surface area contributed by atoms with Crippen LogP contribution < -0.4 is 4.74 Å². The van der Waals surface area contributed by atoms with Crippen molar-refractivity contribution in [2.45, 2.75) is 43.4 Å². The van der Waals surface area contributed by atoms with E-state index in [0.717, 1.165) is 40.8 Å². The van der Waals surface area contributed by atoms with Crippen LogP contribution in [0.1, 0.15) is 25.3 Å². The molecule has 1 aliphatic rings. The summed E-state index contributed by atoms with van der Waals surface area (Å²) in [5, 5.41) is 1.83. The molecule has 38 heavy (non-hydrogen) atoms. The van der Waals surface area contributed by atoms with Gasteiger partial charge in [-0.05, 0) is 48.9 Å². The molecule has 0 spiro atoms. The zero-order chi connectivity index (χ0) is 26.4. The van der Waals surface area contributed by atoms with E-state index in [2.05, 4.69) is 16.9 Å². The third-order valence-corrected chi connectivity index (χ3v) is 7.59. The van der Waals surface area contributed by atoms with Gasteiger partial charge >= 0.3 is 0 Å². The van der Waals surface area contributed by atoms with Crippen molar-refractivity contribution >= 4 is 35.0 Å². The maximum absolute atomic E-state index is 6.56. The molecular weight excluding hydrogens is 543 g/mol. The van der Waals surface area contributed by atoms with Crippen LogP contribution in [0.25, 0.3) is 11.3 Å². The first-order valence-corrected chi connectivity index (χ1v) is 14.2. The van der Waals surface area contributed by atoms with Crippen LogP contribution in [-0.4, -0.2) is 44.6 Å². The highest BCUT2D eigenvalue weighted by atomic mass is 35.5. The highest BCUT2D eigenvalue weighted by Crippen LogP contribution is 2.40. The van der Waals surface area contributed by atoms with Gasteiger partial charge in [0, 0.05) is 40.5 Å². The van der Waals surface area contributed by atoms with E-state index in [9.17, 15) is 0 Å². The predicted molar refractivity (Wildman–Crippen MR) is 150 cm³/mol. The van der Waals surface area contributed by atoms with Gasteiger partial charge in [-0.1, -0.05) is 54.4 Å². The lowest BCUT2D eigenvalue weighted by Crippen LogP contribution is -2.34. The molecule has 0 saturated carbocycles. The van der Waals surface area contributed by atoms with Crippen LogP contribution in [0.15, 0.2) is 78.6 Å². The minimum atomic E-state index is -1.08. The van der Waals surface area contributed by atoms with Gasteiger partial charge in [-0.2, -0.15) is 0 Å². The number of aromatic nitrogens is 4. The third kappa shape index (κ3) is 6.50. The topological polar surface area (TPSA) is 71.3 Å². The zero-order valence-electron chi connectivity index (χ0n) is 20.9. The summed E-state index contributed by atoms with van der Waals surface area (Å²) in [5.41, 5.74) is 2.61. The van der Waals surface area contributed by atoms with Crippen molar-refractivity contribution in [1.82, 2.24) is 19.5 Å². The van der Waals surface area contributed by atoms with Crippen LogP contribution in [0.2, 0.25) is 10.0 Å². The number of rotatable bonds is 11. The summed E-state index contributed by atoms with van der Waals surface area (Å²) in [6.07, 6.45) is 9.10. The maximum atomic E-state index is 6.56. The average Bonchev–Trinajstić information content (AvgIpc) is 3.59. The average molecular weight is 572 g/mol. The highest BCUT2D eigenvalue weighted by molar-refractivity contribution is 7.99. The van der Waals surface area contributed by atoms with Crippen molar-refractivity contribution < 1.29 is 14.2 Å². The van der Waals surface area contributed by atoms with Gasteiger partial charge in [-0.3, -0.25) is 0 Å². The standard InChI is InChI=1S/C28H28Cl2N4O3S/c1-2-3-14-38-27-32-11-10-26(33-27)20-4-7-22(8-5-20)35-16-23-17-36-28(37-23,18-34-13-12-31-19-34)24-9-6-21(29)15-25(24)30/h4-13,15,19,23H,2-3,14,16-18H2,1H3. The van der Waals surface area contributed by atoms with E-state index in [1.54, 1.807) is 42.6 Å². The molecule has 0 N–H and O–H groups in total. The van der Waals surface area contributed by atoms with Crippen molar-refractivity contribution in [2.75, 3.05) is 19.0 Å². The van der Waals surface area contributed by atoms with Gasteiger partial charge < -0.3 is 18.8 Å². The molecular formula is C28H28Cl2N4O3S. The van der Waals surface area contributed by atoms with E-state index in [-0.39, 0.29) is 6.10 Å². The molecule has 0 radical (unpaired) electrons. The van der Waals surface area contributed by atoms with Gasteiger partial charge in [0.1, 0.15) is 18.5 Å². The normalized spacial score (nSPS) is 19.1. The Balaban J connectivity index is 1.24. The molecule has 4 aromatic rings. The predicted octanol–water partition coefficient (Wildman–Crippen LogP) is 6.89. The number of nitrogens with zero attached hydrogens (tertiary/aromatic N) is 4. The number of hydrogen-bond donors (Lipinski definition) is 0. The van der Waals surface area contributed by atoms with Gasteiger partial charge in [0.2, 0.25) is 5.79 Å². The Kier molecular flexibility index (Phi) is 8.86. The molecule has 10 heteroatoms. The fourth-order valence-corrected chi connectivity index (χ4v) is 5.63. The molecule has 2 unspecified atom stereocenters. The van der Waals surface area contributed by atoms with Crippen molar-refractivity contribution in [2.24, 2.45) is 0 Å². The van der Waals surface area contributed by atoms with Crippen molar-refractivity contribution in [3.05, 3.63) is 89.1 Å². The molecule has 198 valence electrons. The molecule has 1 fully saturated rings. The molecule has 0 amide bonds. The summed E-state index contributed by atoms with van der Waals surface area (Å²) >= 11 is 14.4. The Morgan fingerprint density at radius 2 is 2.00 bits per heavy atom. The van der Waals surface area contributed by atoms with E-state index in [1.165, 1.54) is 0 Å². The zero-order valence-corrected chi connectivity index (χ0v) is 23.3. The second kappa shape index (κ2) is 12.5. The number of ether oxygens (including phenoxy) is 3. The quantitative estimate of drug-likeness (QED) is 0.110. The summed E-state index contributed by atoms with van der Waals surface area (Å²) in [4.78, 5) is 13.2. The number of halogens is 2. The number of benzene rings is 2. The Hall–Kier alpha value is -2.62. The molecule has 1 saturated heterocycles. The number of hydrogen-bond acceptors (Lipinski definition) is 7. The summed E-state index contributed by atoms with van der Waals surface area (Å²) in [7, 11) is 0. The first-order chi connectivity index (χ1) is 18.5. The van der Waals surface area contributed by atoms with Crippen LogP contribution in [-0.2, 0) is 21.8 Å². The van der Waals surface area contributed by atoms with Crippen molar-refractivity contribution in [3.63, 3.8) is 0 Å². The second-order valence-electron chi connectivity index (χ2n) is 8.92. The van der Waals surface area contributed by atoms with Gasteiger partial charge in [-0.25, -0.2) is 15.0 Å². The van der Waals surface area contributed by atoms with E-state index in [0.29, 0.717) is 35.4 Å². The largest absolute Gasteiger partial charge is 0.491 e. The van der Waals surface area contributed by atoms with Crippen molar-refractivity contribution in [3.8, 4) is 17.0 Å². The molecule has 2 aromatic heterocycles. The molecule has 5 rings (SSSR count). The van der Waals surface area contributed by atoms with Gasteiger partial charge in [0.05, 0.1) is 30.2 Å². The first kappa shape index (κ1) is 27.0. The Labute approximate surface area is 236 Å². The lowest BCUT2D eigenvalue weighted by molar-refractivity contribution is -0.189. The Bertz CT molecular complexity index is 1340. The summed E-state index contributed by atoms with van der Waals surface area (Å²) in [5.74, 6) is 0.675. The van der Waals surface area contributed by atoms with Gasteiger partial charge in [0.25, 0.3) is 0 Å². The van der Waals surface area contributed by atoms with E-state index in [1.807, 2.05) is 47.2 Å². The molecule has 2 aromatic carbocycles. The lowest BCUT2D eigenvalue weighted by Gasteiger charge is -2.30. The number of imidazole rings is 1.